The summed E-state index contributed by atoms with van der Waals surface area (Å²) in [6.45, 7) is 7.20. The van der Waals surface area contributed by atoms with Gasteiger partial charge in [0.25, 0.3) is 0 Å². The number of anilines is 2. The van der Waals surface area contributed by atoms with Crippen molar-refractivity contribution in [2.24, 2.45) is 0 Å². The van der Waals surface area contributed by atoms with Gasteiger partial charge in [0.1, 0.15) is 17.1 Å². The minimum Gasteiger partial charge on any atom is -0.457 e. The monoisotopic (exact) mass is 435 g/mol. The van der Waals surface area contributed by atoms with Crippen LogP contribution in [0, 0.1) is 0 Å². The molecule has 1 saturated carbocycles. The number of carbonyl (C=O) groups excluding carboxylic acids is 1. The van der Waals surface area contributed by atoms with Crippen LogP contribution in [0.15, 0.2) is 54.2 Å². The lowest BCUT2D eigenvalue weighted by Gasteiger charge is -2.34. The van der Waals surface area contributed by atoms with Gasteiger partial charge < -0.3 is 20.1 Å². The zero-order valence-corrected chi connectivity index (χ0v) is 19.2. The number of nitrogens with two attached hydrogens (primary N) is 1. The van der Waals surface area contributed by atoms with Crippen LogP contribution in [0.4, 0.5) is 16.2 Å². The number of carbonyl (C=O) groups is 1. The van der Waals surface area contributed by atoms with E-state index in [4.69, 9.17) is 15.2 Å². The molecule has 1 aliphatic carbocycles. The summed E-state index contributed by atoms with van der Waals surface area (Å²) in [7, 11) is 0. The number of hydrogen-bond acceptors (Lipinski definition) is 5. The Hall–Kier alpha value is -3.15. The van der Waals surface area contributed by atoms with E-state index < -0.39 is 11.7 Å². The number of nitrogens with zero attached hydrogens (tertiary/aromatic N) is 1. The summed E-state index contributed by atoms with van der Waals surface area (Å²) in [5.74, 6) is 2.18. The van der Waals surface area contributed by atoms with Gasteiger partial charge in [0.2, 0.25) is 0 Å². The van der Waals surface area contributed by atoms with Crippen molar-refractivity contribution in [1.29, 1.82) is 0 Å². The molecule has 0 atom stereocenters. The van der Waals surface area contributed by atoms with Crippen molar-refractivity contribution in [2.75, 3.05) is 23.7 Å². The molecule has 2 aromatic carbocycles. The molecule has 2 aliphatic rings. The van der Waals surface area contributed by atoms with Crippen LogP contribution in [0.25, 0.3) is 0 Å². The molecule has 2 fully saturated rings. The second kappa shape index (κ2) is 9.15. The van der Waals surface area contributed by atoms with Crippen LogP contribution in [-0.4, -0.2) is 24.8 Å². The molecule has 6 nitrogen and oxygen atoms in total. The highest BCUT2D eigenvalue weighted by molar-refractivity contribution is 5.77. The third-order valence-corrected chi connectivity index (χ3v) is 5.59. The average molecular weight is 436 g/mol. The van der Waals surface area contributed by atoms with Crippen molar-refractivity contribution >= 4 is 17.5 Å². The fourth-order valence-corrected chi connectivity index (χ4v) is 4.11. The van der Waals surface area contributed by atoms with Crippen LogP contribution in [0.2, 0.25) is 0 Å². The van der Waals surface area contributed by atoms with Gasteiger partial charge in [0.05, 0.1) is 11.4 Å². The first-order valence-electron chi connectivity index (χ1n) is 11.4. The normalized spacial score (nSPS) is 17.8. The Morgan fingerprint density at radius 3 is 2.59 bits per heavy atom. The molecule has 3 N–H and O–H groups in total. The maximum absolute atomic E-state index is 12.0. The Morgan fingerprint density at radius 1 is 1.16 bits per heavy atom. The predicted molar refractivity (Wildman–Crippen MR) is 128 cm³/mol. The zero-order chi connectivity index (χ0) is 22.7. The first kappa shape index (κ1) is 22.1. The van der Waals surface area contributed by atoms with Crippen molar-refractivity contribution in [2.45, 2.75) is 58.0 Å². The Morgan fingerprint density at radius 2 is 1.91 bits per heavy atom. The average Bonchev–Trinajstić information content (AvgIpc) is 3.58. The van der Waals surface area contributed by atoms with Crippen molar-refractivity contribution < 1.29 is 14.3 Å². The lowest BCUT2D eigenvalue weighted by Crippen LogP contribution is -2.34. The van der Waals surface area contributed by atoms with Gasteiger partial charge in [-0.25, -0.2) is 4.79 Å². The van der Waals surface area contributed by atoms with Crippen LogP contribution in [0.5, 0.6) is 11.5 Å². The lowest BCUT2D eigenvalue weighted by atomic mass is 9.99. The molecule has 0 bridgehead atoms. The fraction of sp³-hybridized carbons (Fsp3) is 0.423. The number of ether oxygens (including phenoxy) is 2. The summed E-state index contributed by atoms with van der Waals surface area (Å²) in [4.78, 5) is 14.4. The van der Waals surface area contributed by atoms with E-state index >= 15 is 0 Å². The number of nitrogens with one attached hydrogen (secondary N) is 1. The summed E-state index contributed by atoms with van der Waals surface area (Å²) in [6.07, 6.45) is 5.59. The molecule has 170 valence electrons. The van der Waals surface area contributed by atoms with Gasteiger partial charge in [-0.05, 0) is 82.2 Å². The topological polar surface area (TPSA) is 76.8 Å². The quantitative estimate of drug-likeness (QED) is 0.568. The van der Waals surface area contributed by atoms with Crippen LogP contribution >= 0.6 is 0 Å². The summed E-state index contributed by atoms with van der Waals surface area (Å²) in [5.41, 5.74) is 10.2. The van der Waals surface area contributed by atoms with Gasteiger partial charge in [-0.3, -0.25) is 5.32 Å². The summed E-state index contributed by atoms with van der Waals surface area (Å²) in [5, 5.41) is 2.78. The van der Waals surface area contributed by atoms with E-state index in [1.165, 1.54) is 5.56 Å². The van der Waals surface area contributed by atoms with Gasteiger partial charge in [0, 0.05) is 24.9 Å². The largest absolute Gasteiger partial charge is 0.457 e. The van der Waals surface area contributed by atoms with E-state index in [0.29, 0.717) is 12.5 Å². The highest BCUT2D eigenvalue weighted by Gasteiger charge is 2.33. The van der Waals surface area contributed by atoms with E-state index in [1.54, 1.807) is 6.20 Å². The first-order valence-corrected chi connectivity index (χ1v) is 11.4. The van der Waals surface area contributed by atoms with Gasteiger partial charge in [0.15, 0.2) is 0 Å². The Kier molecular flexibility index (Phi) is 6.31. The van der Waals surface area contributed by atoms with E-state index in [9.17, 15) is 4.79 Å². The SMILES string of the molecule is CC(C)(C)OC(=O)N/C=C1/CCCN(c2c(N)ccc(Oc3ccccc3)c2C2CC2)C1. The summed E-state index contributed by atoms with van der Waals surface area (Å²) < 4.78 is 11.6. The number of benzene rings is 2. The highest BCUT2D eigenvalue weighted by atomic mass is 16.6. The van der Waals surface area contributed by atoms with Crippen LogP contribution in [-0.2, 0) is 4.74 Å². The van der Waals surface area contributed by atoms with Crippen molar-refractivity contribution in [1.82, 2.24) is 5.32 Å². The molecule has 0 unspecified atom stereocenters. The smallest absolute Gasteiger partial charge is 0.411 e. The van der Waals surface area contributed by atoms with E-state index in [-0.39, 0.29) is 0 Å². The number of piperidine rings is 1. The highest BCUT2D eigenvalue weighted by Crippen LogP contribution is 2.52. The molecule has 4 rings (SSSR count). The molecule has 2 aromatic rings. The maximum atomic E-state index is 12.0. The molecule has 1 heterocycles. The number of alkyl carbamates (subject to hydrolysis) is 1. The number of para-hydroxylation sites is 1. The van der Waals surface area contributed by atoms with Gasteiger partial charge in [-0.15, -0.1) is 0 Å². The molecule has 6 heteroatoms. The van der Waals surface area contributed by atoms with Crippen LogP contribution in [0.1, 0.15) is 57.9 Å². The minimum atomic E-state index is -0.520. The zero-order valence-electron chi connectivity index (χ0n) is 19.2. The number of amides is 1. The number of hydrogen-bond donors (Lipinski definition) is 2. The number of nitrogen functional groups attached to an aromatic ring is 1. The summed E-state index contributed by atoms with van der Waals surface area (Å²) >= 11 is 0. The first-order chi connectivity index (χ1) is 15.3. The Labute approximate surface area is 190 Å². The van der Waals surface area contributed by atoms with E-state index in [1.807, 2.05) is 63.2 Å². The second-order valence-corrected chi connectivity index (χ2v) is 9.58. The minimum absolute atomic E-state index is 0.432. The van der Waals surface area contributed by atoms with Crippen molar-refractivity contribution in [3.63, 3.8) is 0 Å². The molecule has 0 aromatic heterocycles. The maximum Gasteiger partial charge on any atom is 0.411 e. The fourth-order valence-electron chi connectivity index (χ4n) is 4.11. The van der Waals surface area contributed by atoms with Crippen molar-refractivity contribution in [3.05, 3.63) is 59.8 Å². The molecule has 1 aliphatic heterocycles. The third-order valence-electron chi connectivity index (χ3n) is 5.59. The lowest BCUT2D eigenvalue weighted by molar-refractivity contribution is 0.0551. The van der Waals surface area contributed by atoms with Gasteiger partial charge in [-0.2, -0.15) is 0 Å². The molecule has 0 radical (unpaired) electrons. The van der Waals surface area contributed by atoms with Crippen LogP contribution in [0.3, 0.4) is 0 Å². The molecular weight excluding hydrogens is 402 g/mol. The second-order valence-electron chi connectivity index (χ2n) is 9.58. The Bertz CT molecular complexity index is 991. The van der Waals surface area contributed by atoms with E-state index in [0.717, 1.165) is 60.7 Å². The van der Waals surface area contributed by atoms with Gasteiger partial charge >= 0.3 is 6.09 Å². The molecule has 32 heavy (non-hydrogen) atoms. The standard InChI is InChI=1S/C26H33N3O3/c1-26(2,3)32-25(30)28-16-18-8-7-15-29(17-18)24-21(27)13-14-22(23(24)19-11-12-19)31-20-9-5-4-6-10-20/h4-6,9-10,13-14,16,19H,7-8,11-12,15,17,27H2,1-3H3,(H,28,30)/b18-16-. The molecule has 1 amide bonds. The van der Waals surface area contributed by atoms with Crippen LogP contribution < -0.4 is 20.7 Å². The molecule has 1 saturated heterocycles. The molecular formula is C26H33N3O3. The molecule has 0 spiro atoms. The number of rotatable bonds is 5. The Balaban J connectivity index is 1.56. The van der Waals surface area contributed by atoms with Crippen molar-refractivity contribution in [3.8, 4) is 11.5 Å². The van der Waals surface area contributed by atoms with E-state index in [2.05, 4.69) is 10.2 Å². The third kappa shape index (κ3) is 5.55. The summed E-state index contributed by atoms with van der Waals surface area (Å²) in [6, 6.07) is 13.8. The van der Waals surface area contributed by atoms with Gasteiger partial charge in [-0.1, -0.05) is 18.2 Å². The predicted octanol–water partition coefficient (Wildman–Crippen LogP) is 5.95.